The molecule has 0 unspecified atom stereocenters. The first-order chi connectivity index (χ1) is 14.6. The van der Waals surface area contributed by atoms with Gasteiger partial charge in [-0.2, -0.15) is 0 Å². The molecule has 1 N–H and O–H groups in total. The van der Waals surface area contributed by atoms with E-state index in [4.69, 9.17) is 0 Å². The van der Waals surface area contributed by atoms with Gasteiger partial charge in [0.1, 0.15) is 0 Å². The number of benzene rings is 3. The van der Waals surface area contributed by atoms with Crippen LogP contribution in [0.1, 0.15) is 62.3 Å². The Balaban J connectivity index is 0.000000196. The van der Waals surface area contributed by atoms with Crippen molar-refractivity contribution in [1.82, 2.24) is 0 Å². The fraction of sp³-hybridized carbons (Fsp3) is 0.379. The molecule has 0 bridgehead atoms. The minimum atomic E-state index is 1.16. The monoisotopic (exact) mass is 401 g/mol. The predicted molar refractivity (Wildman–Crippen MR) is 135 cm³/mol. The van der Waals surface area contributed by atoms with Crippen LogP contribution in [-0.2, 0) is 19.3 Å². The molecule has 0 saturated heterocycles. The molecule has 1 nitrogen and oxygen atoms in total. The highest BCUT2D eigenvalue weighted by atomic mass is 14.8. The lowest BCUT2D eigenvalue weighted by molar-refractivity contribution is 0.840. The summed E-state index contributed by atoms with van der Waals surface area (Å²) in [6, 6.07) is 24.2. The van der Waals surface area contributed by atoms with E-state index in [0.29, 0.717) is 0 Å². The molecule has 0 aromatic heterocycles. The van der Waals surface area contributed by atoms with E-state index in [2.05, 4.69) is 99.7 Å². The second-order valence-electron chi connectivity index (χ2n) is 8.05. The standard InChI is InChI=1S/C15H15N.C10H14.C4H10/c1-16-15-8-6-12(7-9-15)14-5-3-11-2-4-13(11)10-14;1-3-4-10-7-5-9(2)6-8-10;1-3-4-2/h3,5-10,16H,2,4H2,1H3;5-8H,3-4H2,1-2H3;3-4H2,1-2H3. The van der Waals surface area contributed by atoms with Crippen LogP contribution in [-0.4, -0.2) is 7.05 Å². The van der Waals surface area contributed by atoms with Gasteiger partial charge in [0.05, 0.1) is 0 Å². The number of rotatable bonds is 5. The molecule has 1 aliphatic carbocycles. The molecule has 0 aliphatic heterocycles. The van der Waals surface area contributed by atoms with E-state index in [1.807, 2.05) is 7.05 Å². The maximum Gasteiger partial charge on any atom is 0.0337 e. The molecule has 1 aliphatic rings. The van der Waals surface area contributed by atoms with Gasteiger partial charge in [0.2, 0.25) is 0 Å². The number of anilines is 1. The lowest BCUT2D eigenvalue weighted by Crippen LogP contribution is -2.07. The van der Waals surface area contributed by atoms with Crippen molar-refractivity contribution >= 4 is 5.69 Å². The smallest absolute Gasteiger partial charge is 0.0337 e. The molecule has 1 heteroatoms. The number of fused-ring (bicyclic) bond motifs is 1. The number of unbranched alkanes of at least 4 members (excludes halogenated alkanes) is 1. The van der Waals surface area contributed by atoms with Crippen molar-refractivity contribution in [2.24, 2.45) is 0 Å². The Hall–Kier alpha value is -2.54. The zero-order chi connectivity index (χ0) is 21.8. The Morgan fingerprint density at radius 2 is 1.27 bits per heavy atom. The molecule has 0 amide bonds. The van der Waals surface area contributed by atoms with Gasteiger partial charge in [0.25, 0.3) is 0 Å². The van der Waals surface area contributed by atoms with Gasteiger partial charge in [-0.1, -0.05) is 100 Å². The normalized spacial score (nSPS) is 11.1. The lowest BCUT2D eigenvalue weighted by atomic mass is 9.86. The van der Waals surface area contributed by atoms with Crippen molar-refractivity contribution in [3.63, 3.8) is 0 Å². The molecular weight excluding hydrogens is 362 g/mol. The Morgan fingerprint density at radius 3 is 1.73 bits per heavy atom. The maximum atomic E-state index is 3.14. The lowest BCUT2D eigenvalue weighted by Gasteiger charge is -2.19. The average molecular weight is 402 g/mol. The molecule has 4 rings (SSSR count). The maximum absolute atomic E-state index is 3.14. The van der Waals surface area contributed by atoms with Crippen LogP contribution in [0.25, 0.3) is 11.1 Å². The van der Waals surface area contributed by atoms with Crippen molar-refractivity contribution in [3.8, 4) is 11.1 Å². The van der Waals surface area contributed by atoms with Crippen LogP contribution in [0.4, 0.5) is 5.69 Å². The first-order valence-corrected chi connectivity index (χ1v) is 11.6. The summed E-state index contributed by atoms with van der Waals surface area (Å²) in [6.07, 6.45) is 7.59. The third-order valence-electron chi connectivity index (χ3n) is 5.54. The molecular formula is C29H39N. The summed E-state index contributed by atoms with van der Waals surface area (Å²) in [5.74, 6) is 0. The van der Waals surface area contributed by atoms with Crippen LogP contribution in [0.2, 0.25) is 0 Å². The Kier molecular flexibility index (Phi) is 10.2. The van der Waals surface area contributed by atoms with Gasteiger partial charge in [-0.25, -0.2) is 0 Å². The molecule has 0 saturated carbocycles. The van der Waals surface area contributed by atoms with Crippen LogP contribution in [0, 0.1) is 6.92 Å². The Morgan fingerprint density at radius 1 is 0.667 bits per heavy atom. The Labute approximate surface area is 184 Å². The van der Waals surface area contributed by atoms with Gasteiger partial charge >= 0.3 is 0 Å². The molecule has 160 valence electrons. The highest BCUT2D eigenvalue weighted by Gasteiger charge is 2.12. The zero-order valence-electron chi connectivity index (χ0n) is 19.6. The summed E-state index contributed by atoms with van der Waals surface area (Å²) in [5, 5.41) is 3.14. The largest absolute Gasteiger partial charge is 0.388 e. The van der Waals surface area contributed by atoms with Gasteiger partial charge in [-0.15, -0.1) is 0 Å². The molecule has 0 atom stereocenters. The van der Waals surface area contributed by atoms with Crippen molar-refractivity contribution in [1.29, 1.82) is 0 Å². The summed E-state index contributed by atoms with van der Waals surface area (Å²) in [7, 11) is 1.94. The number of aryl methyl sites for hydroxylation is 4. The SMILES string of the molecule is CCCC.CCCc1ccc(C)cc1.CNc1ccc(-c2ccc3c(c2)CC3)cc1. The molecule has 0 spiro atoms. The van der Waals surface area contributed by atoms with Crippen molar-refractivity contribution in [2.45, 2.75) is 66.2 Å². The van der Waals surface area contributed by atoms with E-state index in [1.165, 1.54) is 71.9 Å². The minimum absolute atomic E-state index is 1.16. The highest BCUT2D eigenvalue weighted by molar-refractivity contribution is 5.68. The molecule has 3 aromatic carbocycles. The highest BCUT2D eigenvalue weighted by Crippen LogP contribution is 2.29. The molecule has 3 aromatic rings. The minimum Gasteiger partial charge on any atom is -0.388 e. The quantitative estimate of drug-likeness (QED) is 0.454. The first-order valence-electron chi connectivity index (χ1n) is 11.6. The first kappa shape index (κ1) is 23.7. The molecule has 0 heterocycles. The second-order valence-corrected chi connectivity index (χ2v) is 8.05. The zero-order valence-corrected chi connectivity index (χ0v) is 19.6. The van der Waals surface area contributed by atoms with Gasteiger partial charge in [0.15, 0.2) is 0 Å². The second kappa shape index (κ2) is 12.9. The summed E-state index contributed by atoms with van der Waals surface area (Å²) in [4.78, 5) is 0. The van der Waals surface area contributed by atoms with Crippen molar-refractivity contribution in [3.05, 3.63) is 89.0 Å². The summed E-state index contributed by atoms with van der Waals surface area (Å²) >= 11 is 0. The van der Waals surface area contributed by atoms with E-state index in [1.54, 1.807) is 0 Å². The van der Waals surface area contributed by atoms with Crippen LogP contribution in [0.15, 0.2) is 66.7 Å². The topological polar surface area (TPSA) is 12.0 Å². The predicted octanol–water partition coefficient (Wildman–Crippen LogP) is 8.25. The van der Waals surface area contributed by atoms with E-state index in [-0.39, 0.29) is 0 Å². The molecule has 30 heavy (non-hydrogen) atoms. The van der Waals surface area contributed by atoms with Crippen LogP contribution in [0.3, 0.4) is 0 Å². The fourth-order valence-corrected chi connectivity index (χ4v) is 3.25. The van der Waals surface area contributed by atoms with Crippen molar-refractivity contribution < 1.29 is 0 Å². The summed E-state index contributed by atoms with van der Waals surface area (Å²) in [5.41, 5.74) is 9.64. The summed E-state index contributed by atoms with van der Waals surface area (Å²) in [6.45, 7) is 8.69. The fourth-order valence-electron chi connectivity index (χ4n) is 3.25. The summed E-state index contributed by atoms with van der Waals surface area (Å²) < 4.78 is 0. The van der Waals surface area contributed by atoms with Gasteiger partial charge in [0, 0.05) is 12.7 Å². The van der Waals surface area contributed by atoms with Gasteiger partial charge in [-0.3, -0.25) is 0 Å². The third-order valence-corrected chi connectivity index (χ3v) is 5.54. The number of hydrogen-bond acceptors (Lipinski definition) is 1. The third kappa shape index (κ3) is 7.37. The van der Waals surface area contributed by atoms with Crippen molar-refractivity contribution in [2.75, 3.05) is 12.4 Å². The van der Waals surface area contributed by atoms with E-state index in [9.17, 15) is 0 Å². The van der Waals surface area contributed by atoms with E-state index < -0.39 is 0 Å². The van der Waals surface area contributed by atoms with E-state index >= 15 is 0 Å². The molecule has 0 radical (unpaired) electrons. The van der Waals surface area contributed by atoms with Crippen LogP contribution in [0.5, 0.6) is 0 Å². The van der Waals surface area contributed by atoms with Crippen LogP contribution < -0.4 is 5.32 Å². The number of nitrogens with one attached hydrogen (secondary N) is 1. The van der Waals surface area contributed by atoms with Crippen LogP contribution >= 0.6 is 0 Å². The average Bonchev–Trinajstić information content (AvgIpc) is 2.77. The Bertz CT molecular complexity index is 858. The molecule has 0 fully saturated rings. The van der Waals surface area contributed by atoms with Gasteiger partial charge in [-0.05, 0) is 66.1 Å². The van der Waals surface area contributed by atoms with E-state index in [0.717, 1.165) is 5.69 Å². The van der Waals surface area contributed by atoms with Gasteiger partial charge < -0.3 is 5.32 Å². The number of hydrogen-bond donors (Lipinski definition) is 1.